The van der Waals surface area contributed by atoms with Gasteiger partial charge in [0.1, 0.15) is 4.64 Å². The van der Waals surface area contributed by atoms with E-state index in [1.165, 1.54) is 12.3 Å². The first-order valence-electron chi connectivity index (χ1n) is 4.79. The molecule has 7 heteroatoms. The van der Waals surface area contributed by atoms with Crippen LogP contribution in [0.1, 0.15) is 5.56 Å². The van der Waals surface area contributed by atoms with Gasteiger partial charge in [0, 0.05) is 11.8 Å². The van der Waals surface area contributed by atoms with Crippen LogP contribution in [0.4, 0.5) is 17.6 Å². The molecule has 18 heavy (non-hydrogen) atoms. The van der Waals surface area contributed by atoms with Crippen LogP contribution >= 0.6 is 12.2 Å². The minimum Gasteiger partial charge on any atom is -0.346 e. The quantitative estimate of drug-likeness (QED) is 0.629. The Morgan fingerprint density at radius 1 is 1.22 bits per heavy atom. The second kappa shape index (κ2) is 4.49. The van der Waals surface area contributed by atoms with E-state index in [4.69, 9.17) is 12.2 Å². The first-order valence-corrected chi connectivity index (χ1v) is 5.20. The molecule has 0 unspecified atom stereocenters. The van der Waals surface area contributed by atoms with E-state index in [1.54, 1.807) is 0 Å². The van der Waals surface area contributed by atoms with Crippen molar-refractivity contribution in [2.45, 2.75) is 6.18 Å². The fourth-order valence-corrected chi connectivity index (χ4v) is 1.68. The molecule has 2 rings (SSSR count). The first kappa shape index (κ1) is 12.7. The number of rotatable bonds is 1. The summed E-state index contributed by atoms with van der Waals surface area (Å²) in [5.41, 5.74) is -0.964. The monoisotopic (exact) mass is 274 g/mol. The van der Waals surface area contributed by atoms with Gasteiger partial charge >= 0.3 is 6.18 Å². The first-order chi connectivity index (χ1) is 8.38. The fourth-order valence-electron chi connectivity index (χ4n) is 1.45. The Hall–Kier alpha value is -1.76. The van der Waals surface area contributed by atoms with Crippen molar-refractivity contribution in [2.75, 3.05) is 0 Å². The van der Waals surface area contributed by atoms with E-state index in [-0.39, 0.29) is 15.9 Å². The van der Waals surface area contributed by atoms with Crippen molar-refractivity contribution in [1.29, 1.82) is 0 Å². The predicted molar refractivity (Wildman–Crippen MR) is 59.8 cm³/mol. The molecule has 2 heterocycles. The molecular weight excluding hydrogens is 268 g/mol. The SMILES string of the molecule is Fc1cnccc1-c1cc(C(F)(F)F)cc(=S)[nH]1. The van der Waals surface area contributed by atoms with Gasteiger partial charge in [-0.15, -0.1) is 0 Å². The van der Waals surface area contributed by atoms with Gasteiger partial charge in [0.25, 0.3) is 0 Å². The van der Waals surface area contributed by atoms with Crippen LogP contribution in [0, 0.1) is 10.5 Å². The van der Waals surface area contributed by atoms with Crippen LogP contribution in [0.15, 0.2) is 30.6 Å². The second-order valence-electron chi connectivity index (χ2n) is 3.50. The van der Waals surface area contributed by atoms with E-state index >= 15 is 0 Å². The molecule has 0 aliphatic carbocycles. The Balaban J connectivity index is 2.63. The third kappa shape index (κ3) is 2.56. The molecule has 1 N–H and O–H groups in total. The highest BCUT2D eigenvalue weighted by Crippen LogP contribution is 2.31. The summed E-state index contributed by atoms with van der Waals surface area (Å²) in [5, 5.41) is 0. The molecule has 0 spiro atoms. The topological polar surface area (TPSA) is 28.7 Å². The molecule has 0 radical (unpaired) electrons. The number of alkyl halides is 3. The number of nitrogens with zero attached hydrogens (tertiary/aromatic N) is 1. The lowest BCUT2D eigenvalue weighted by Gasteiger charge is -2.09. The van der Waals surface area contributed by atoms with Crippen molar-refractivity contribution in [3.05, 3.63) is 46.6 Å². The normalized spacial score (nSPS) is 11.6. The molecule has 0 aliphatic rings. The van der Waals surface area contributed by atoms with Crippen LogP contribution in [0.25, 0.3) is 11.3 Å². The van der Waals surface area contributed by atoms with E-state index in [1.807, 2.05) is 0 Å². The number of aromatic amines is 1. The van der Waals surface area contributed by atoms with Crippen LogP contribution in [0.2, 0.25) is 0 Å². The van der Waals surface area contributed by atoms with Gasteiger partial charge in [-0.05, 0) is 18.2 Å². The molecule has 0 bridgehead atoms. The molecule has 0 atom stereocenters. The zero-order valence-electron chi connectivity index (χ0n) is 8.75. The van der Waals surface area contributed by atoms with Crippen molar-refractivity contribution >= 4 is 12.2 Å². The van der Waals surface area contributed by atoms with E-state index in [0.717, 1.165) is 18.3 Å². The summed E-state index contributed by atoms with van der Waals surface area (Å²) in [6.07, 6.45) is -2.32. The standard InChI is InChI=1S/C11H6F4N2S/c12-8-5-16-2-1-7(8)9-3-6(11(13,14)15)4-10(18)17-9/h1-5H,(H,17,18). The molecule has 94 valence electrons. The summed E-state index contributed by atoms with van der Waals surface area (Å²) in [6.45, 7) is 0. The van der Waals surface area contributed by atoms with Gasteiger partial charge in [0.2, 0.25) is 0 Å². The molecule has 2 nitrogen and oxygen atoms in total. The van der Waals surface area contributed by atoms with Gasteiger partial charge in [0.05, 0.1) is 17.5 Å². The summed E-state index contributed by atoms with van der Waals surface area (Å²) in [6, 6.07) is 2.88. The minimum absolute atomic E-state index is 0.0119. The zero-order valence-corrected chi connectivity index (χ0v) is 9.57. The van der Waals surface area contributed by atoms with Crippen LogP contribution in [0.5, 0.6) is 0 Å². The van der Waals surface area contributed by atoms with Gasteiger partial charge < -0.3 is 4.98 Å². The molecular formula is C11H6F4N2S. The maximum Gasteiger partial charge on any atom is 0.416 e. The van der Waals surface area contributed by atoms with Gasteiger partial charge in [0.15, 0.2) is 5.82 Å². The van der Waals surface area contributed by atoms with Crippen LogP contribution in [-0.2, 0) is 6.18 Å². The predicted octanol–water partition coefficient (Wildman–Crippen LogP) is 3.96. The number of H-pyrrole nitrogens is 1. The molecule has 0 amide bonds. The number of aromatic nitrogens is 2. The number of hydrogen-bond acceptors (Lipinski definition) is 2. The van der Waals surface area contributed by atoms with Gasteiger partial charge in [-0.2, -0.15) is 13.2 Å². The van der Waals surface area contributed by atoms with Crippen molar-refractivity contribution in [3.8, 4) is 11.3 Å². The van der Waals surface area contributed by atoms with Crippen molar-refractivity contribution < 1.29 is 17.6 Å². The van der Waals surface area contributed by atoms with E-state index in [2.05, 4.69) is 9.97 Å². The number of halogens is 4. The van der Waals surface area contributed by atoms with E-state index in [0.29, 0.717) is 0 Å². The highest BCUT2D eigenvalue weighted by Gasteiger charge is 2.31. The van der Waals surface area contributed by atoms with Gasteiger partial charge in [-0.25, -0.2) is 4.39 Å². The van der Waals surface area contributed by atoms with E-state index < -0.39 is 17.6 Å². The Morgan fingerprint density at radius 2 is 1.94 bits per heavy atom. The highest BCUT2D eigenvalue weighted by molar-refractivity contribution is 7.71. The smallest absolute Gasteiger partial charge is 0.346 e. The third-order valence-electron chi connectivity index (χ3n) is 2.23. The van der Waals surface area contributed by atoms with Crippen molar-refractivity contribution in [1.82, 2.24) is 9.97 Å². The maximum atomic E-state index is 13.4. The summed E-state index contributed by atoms with van der Waals surface area (Å²) in [4.78, 5) is 6.05. The minimum atomic E-state index is -4.53. The summed E-state index contributed by atoms with van der Waals surface area (Å²) < 4.78 is 51.1. The Labute approximate surface area is 104 Å². The molecule has 0 aromatic carbocycles. The molecule has 0 aliphatic heterocycles. The second-order valence-corrected chi connectivity index (χ2v) is 3.94. The lowest BCUT2D eigenvalue weighted by Crippen LogP contribution is -2.06. The van der Waals surface area contributed by atoms with Gasteiger partial charge in [-0.1, -0.05) is 12.2 Å². The zero-order chi connectivity index (χ0) is 13.3. The lowest BCUT2D eigenvalue weighted by molar-refractivity contribution is -0.137. The van der Waals surface area contributed by atoms with Gasteiger partial charge in [-0.3, -0.25) is 4.98 Å². The van der Waals surface area contributed by atoms with Crippen molar-refractivity contribution in [2.24, 2.45) is 0 Å². The summed E-state index contributed by atoms with van der Waals surface area (Å²) in [5.74, 6) is -0.720. The fraction of sp³-hybridized carbons (Fsp3) is 0.0909. The Morgan fingerprint density at radius 3 is 2.56 bits per heavy atom. The summed E-state index contributed by atoms with van der Waals surface area (Å²) >= 11 is 4.71. The molecule has 0 saturated carbocycles. The lowest BCUT2D eigenvalue weighted by atomic mass is 10.1. The summed E-state index contributed by atoms with van der Waals surface area (Å²) in [7, 11) is 0. The molecule has 2 aromatic heterocycles. The van der Waals surface area contributed by atoms with E-state index in [9.17, 15) is 17.6 Å². The largest absolute Gasteiger partial charge is 0.416 e. The average Bonchev–Trinajstić information content (AvgIpc) is 2.27. The highest BCUT2D eigenvalue weighted by atomic mass is 32.1. The molecule has 0 saturated heterocycles. The van der Waals surface area contributed by atoms with Crippen LogP contribution in [-0.4, -0.2) is 9.97 Å². The van der Waals surface area contributed by atoms with Crippen LogP contribution < -0.4 is 0 Å². The maximum absolute atomic E-state index is 13.4. The molecule has 0 fully saturated rings. The number of pyridine rings is 2. The average molecular weight is 274 g/mol. The van der Waals surface area contributed by atoms with Crippen LogP contribution in [0.3, 0.4) is 0 Å². The number of hydrogen-bond donors (Lipinski definition) is 1. The Kier molecular flexibility index (Phi) is 3.16. The Bertz CT molecular complexity index is 633. The molecule has 2 aromatic rings. The van der Waals surface area contributed by atoms with Crippen molar-refractivity contribution in [3.63, 3.8) is 0 Å². The third-order valence-corrected chi connectivity index (χ3v) is 2.45. The number of nitrogens with one attached hydrogen (secondary N) is 1.